The Morgan fingerprint density at radius 3 is 2.86 bits per heavy atom. The maximum atomic E-state index is 12.2. The van der Waals surface area contributed by atoms with Crippen LogP contribution in [0.3, 0.4) is 0 Å². The second kappa shape index (κ2) is 7.40. The molecular formula is C14H16Br2N2O3. The first-order valence-electron chi connectivity index (χ1n) is 6.44. The Morgan fingerprint density at radius 1 is 1.43 bits per heavy atom. The Balaban J connectivity index is 2.04. The Morgan fingerprint density at radius 2 is 2.14 bits per heavy atom. The van der Waals surface area contributed by atoms with Gasteiger partial charge in [-0.1, -0.05) is 0 Å². The van der Waals surface area contributed by atoms with E-state index in [1.54, 1.807) is 6.20 Å². The molecule has 5 nitrogen and oxygen atoms in total. The molecule has 0 aliphatic heterocycles. The number of hydrogen-bond donors (Lipinski definition) is 3. The number of aromatic nitrogens is 1. The van der Waals surface area contributed by atoms with Gasteiger partial charge in [0.1, 0.15) is 0 Å². The number of nitrogens with one attached hydrogen (secondary N) is 2. The number of carbonyl (C=O) groups excluding carboxylic acids is 1. The van der Waals surface area contributed by atoms with Gasteiger partial charge >= 0.3 is 0 Å². The molecule has 2 aromatic rings. The molecule has 2 rings (SSSR count). The maximum Gasteiger partial charge on any atom is 0.253 e. The molecule has 0 saturated carbocycles. The lowest BCUT2D eigenvalue weighted by Gasteiger charge is -2.09. The first-order valence-corrected chi connectivity index (χ1v) is 8.03. The minimum Gasteiger partial charge on any atom is -0.391 e. The molecule has 3 N–H and O–H groups in total. The van der Waals surface area contributed by atoms with Crippen molar-refractivity contribution < 1.29 is 14.6 Å². The third-order valence-electron chi connectivity index (χ3n) is 3.09. The zero-order valence-electron chi connectivity index (χ0n) is 11.5. The number of methoxy groups -OCH3 is 1. The molecule has 1 atom stereocenters. The van der Waals surface area contributed by atoms with E-state index in [-0.39, 0.29) is 12.5 Å². The van der Waals surface area contributed by atoms with Crippen LogP contribution in [0.15, 0.2) is 27.3 Å². The molecule has 1 aromatic carbocycles. The fourth-order valence-electron chi connectivity index (χ4n) is 2.03. The average Bonchev–Trinajstić information content (AvgIpc) is 2.82. The van der Waals surface area contributed by atoms with Gasteiger partial charge in [-0.15, -0.1) is 0 Å². The van der Waals surface area contributed by atoms with Crippen molar-refractivity contribution in [1.29, 1.82) is 0 Å². The van der Waals surface area contributed by atoms with Gasteiger partial charge in [0.05, 0.1) is 18.3 Å². The van der Waals surface area contributed by atoms with Gasteiger partial charge in [-0.05, 0) is 50.4 Å². The van der Waals surface area contributed by atoms with Crippen LogP contribution < -0.4 is 5.32 Å². The van der Waals surface area contributed by atoms with Gasteiger partial charge in [-0.2, -0.15) is 0 Å². The standard InChI is InChI=1S/C14H16Br2N2O3/c1-21-7-8(19)2-3-17-14(20)10-6-18-13-5-12(16)11(15)4-9(10)13/h4-6,8,18-19H,2-3,7H2,1H3,(H,17,20). The molecule has 1 aromatic heterocycles. The molecule has 0 aliphatic carbocycles. The predicted molar refractivity (Wildman–Crippen MR) is 88.5 cm³/mol. The van der Waals surface area contributed by atoms with Crippen LogP contribution in [0.5, 0.6) is 0 Å². The lowest BCUT2D eigenvalue weighted by atomic mass is 10.1. The van der Waals surface area contributed by atoms with Crippen molar-refractivity contribution in [2.75, 3.05) is 20.3 Å². The number of hydrogen-bond acceptors (Lipinski definition) is 3. The van der Waals surface area contributed by atoms with Crippen LogP contribution in [0.1, 0.15) is 16.8 Å². The number of H-pyrrole nitrogens is 1. The molecule has 1 amide bonds. The summed E-state index contributed by atoms with van der Waals surface area (Å²) >= 11 is 6.86. The van der Waals surface area contributed by atoms with E-state index in [2.05, 4.69) is 42.2 Å². The Labute approximate surface area is 139 Å². The van der Waals surface area contributed by atoms with E-state index >= 15 is 0 Å². The Kier molecular flexibility index (Phi) is 5.80. The van der Waals surface area contributed by atoms with Crippen molar-refractivity contribution >= 4 is 48.7 Å². The second-order valence-corrected chi connectivity index (χ2v) is 6.38. The smallest absolute Gasteiger partial charge is 0.253 e. The molecule has 0 radical (unpaired) electrons. The monoisotopic (exact) mass is 418 g/mol. The van der Waals surface area contributed by atoms with Crippen molar-refractivity contribution in [3.8, 4) is 0 Å². The molecule has 0 spiro atoms. The quantitative estimate of drug-likeness (QED) is 0.673. The lowest BCUT2D eigenvalue weighted by molar-refractivity contribution is 0.0588. The lowest BCUT2D eigenvalue weighted by Crippen LogP contribution is -2.28. The number of fused-ring (bicyclic) bond motifs is 1. The van der Waals surface area contributed by atoms with Gasteiger partial charge < -0.3 is 20.1 Å². The number of ether oxygens (including phenoxy) is 1. The van der Waals surface area contributed by atoms with E-state index in [0.717, 1.165) is 19.8 Å². The van der Waals surface area contributed by atoms with Gasteiger partial charge in [-0.25, -0.2) is 0 Å². The van der Waals surface area contributed by atoms with Gasteiger partial charge in [0.2, 0.25) is 0 Å². The van der Waals surface area contributed by atoms with Crippen molar-refractivity contribution in [2.24, 2.45) is 0 Å². The highest BCUT2D eigenvalue weighted by molar-refractivity contribution is 9.13. The first-order chi connectivity index (χ1) is 10.0. The predicted octanol–water partition coefficient (Wildman–Crippen LogP) is 2.82. The summed E-state index contributed by atoms with van der Waals surface area (Å²) < 4.78 is 6.65. The van der Waals surface area contributed by atoms with E-state index in [1.807, 2.05) is 12.1 Å². The molecule has 21 heavy (non-hydrogen) atoms. The van der Waals surface area contributed by atoms with Crippen LogP contribution in [-0.2, 0) is 4.74 Å². The molecule has 0 fully saturated rings. The number of amides is 1. The Hall–Kier alpha value is -0.890. The molecule has 1 unspecified atom stereocenters. The van der Waals surface area contributed by atoms with Gasteiger partial charge in [0.15, 0.2) is 0 Å². The first kappa shape index (κ1) is 16.5. The molecule has 0 saturated heterocycles. The summed E-state index contributed by atoms with van der Waals surface area (Å²) in [6, 6.07) is 3.81. The van der Waals surface area contributed by atoms with Crippen molar-refractivity contribution in [2.45, 2.75) is 12.5 Å². The van der Waals surface area contributed by atoms with Crippen molar-refractivity contribution in [3.05, 3.63) is 32.8 Å². The largest absolute Gasteiger partial charge is 0.391 e. The van der Waals surface area contributed by atoms with Crippen molar-refractivity contribution in [3.63, 3.8) is 0 Å². The number of halogens is 2. The Bertz CT molecular complexity index is 642. The number of aliphatic hydroxyl groups is 1. The summed E-state index contributed by atoms with van der Waals surface area (Å²) in [5.74, 6) is -0.167. The zero-order chi connectivity index (χ0) is 15.4. The van der Waals surface area contributed by atoms with Gasteiger partial charge in [0, 0.05) is 39.7 Å². The molecular weight excluding hydrogens is 404 g/mol. The van der Waals surface area contributed by atoms with Crippen LogP contribution in [0.2, 0.25) is 0 Å². The van der Waals surface area contributed by atoms with E-state index in [4.69, 9.17) is 4.74 Å². The number of aliphatic hydroxyl groups excluding tert-OH is 1. The molecule has 0 bridgehead atoms. The van der Waals surface area contributed by atoms with Crippen LogP contribution in [0.25, 0.3) is 10.9 Å². The molecule has 114 valence electrons. The molecule has 7 heteroatoms. The van der Waals surface area contributed by atoms with Gasteiger partial charge in [-0.3, -0.25) is 4.79 Å². The summed E-state index contributed by atoms with van der Waals surface area (Å²) in [6.07, 6.45) is 1.57. The third kappa shape index (κ3) is 4.06. The SMILES string of the molecule is COCC(O)CCNC(=O)c1c[nH]c2cc(Br)c(Br)cc12. The summed E-state index contributed by atoms with van der Waals surface area (Å²) in [6.45, 7) is 0.664. The van der Waals surface area contributed by atoms with E-state index in [0.29, 0.717) is 18.5 Å². The number of benzene rings is 1. The van der Waals surface area contributed by atoms with Crippen molar-refractivity contribution in [1.82, 2.24) is 10.3 Å². The van der Waals surface area contributed by atoms with E-state index in [9.17, 15) is 9.90 Å². The zero-order valence-corrected chi connectivity index (χ0v) is 14.6. The average molecular weight is 420 g/mol. The van der Waals surface area contributed by atoms with Crippen LogP contribution in [-0.4, -0.2) is 42.4 Å². The van der Waals surface area contributed by atoms with E-state index < -0.39 is 6.10 Å². The molecule has 1 heterocycles. The number of aromatic amines is 1. The maximum absolute atomic E-state index is 12.2. The number of carbonyl (C=O) groups is 1. The summed E-state index contributed by atoms with van der Waals surface area (Å²) in [4.78, 5) is 15.3. The third-order valence-corrected chi connectivity index (χ3v) is 4.93. The topological polar surface area (TPSA) is 74.3 Å². The minimum absolute atomic E-state index is 0.167. The summed E-state index contributed by atoms with van der Waals surface area (Å²) in [5, 5.41) is 13.2. The summed E-state index contributed by atoms with van der Waals surface area (Å²) in [5.41, 5.74) is 1.47. The normalized spacial score (nSPS) is 12.6. The highest BCUT2D eigenvalue weighted by Gasteiger charge is 2.13. The fourth-order valence-corrected chi connectivity index (χ4v) is 2.71. The molecule has 0 aliphatic rings. The van der Waals surface area contributed by atoms with Crippen LogP contribution in [0, 0.1) is 0 Å². The highest BCUT2D eigenvalue weighted by atomic mass is 79.9. The number of rotatable bonds is 6. The summed E-state index contributed by atoms with van der Waals surface area (Å²) in [7, 11) is 1.53. The van der Waals surface area contributed by atoms with Gasteiger partial charge in [0.25, 0.3) is 5.91 Å². The van der Waals surface area contributed by atoms with E-state index in [1.165, 1.54) is 7.11 Å². The minimum atomic E-state index is -0.566. The second-order valence-electron chi connectivity index (χ2n) is 4.67. The fraction of sp³-hybridized carbons (Fsp3) is 0.357. The highest BCUT2D eigenvalue weighted by Crippen LogP contribution is 2.29. The van der Waals surface area contributed by atoms with Crippen LogP contribution >= 0.6 is 31.9 Å². The van der Waals surface area contributed by atoms with Crippen LogP contribution in [0.4, 0.5) is 0 Å².